The van der Waals surface area contributed by atoms with E-state index in [9.17, 15) is 15.0 Å². The molecule has 0 aromatic heterocycles. The van der Waals surface area contributed by atoms with Gasteiger partial charge in [-0.05, 0) is 57.8 Å². The molecular formula is C38H67NO3. The van der Waals surface area contributed by atoms with Crippen LogP contribution in [-0.2, 0) is 4.79 Å². The van der Waals surface area contributed by atoms with Crippen LogP contribution in [0.3, 0.4) is 0 Å². The summed E-state index contributed by atoms with van der Waals surface area (Å²) in [6, 6.07) is -0.650. The highest BCUT2D eigenvalue weighted by Crippen LogP contribution is 2.10. The zero-order valence-electron chi connectivity index (χ0n) is 27.5. The summed E-state index contributed by atoms with van der Waals surface area (Å²) in [5.41, 5.74) is 0. The summed E-state index contributed by atoms with van der Waals surface area (Å²) in [6.45, 7) is 4.23. The molecule has 0 unspecified atom stereocenters. The first-order chi connectivity index (χ1) is 20.7. The largest absolute Gasteiger partial charge is 0.394 e. The zero-order valence-corrected chi connectivity index (χ0v) is 27.5. The van der Waals surface area contributed by atoms with Crippen LogP contribution in [0.2, 0.25) is 0 Å². The molecule has 0 saturated heterocycles. The van der Waals surface area contributed by atoms with Crippen LogP contribution in [-0.4, -0.2) is 34.9 Å². The maximum Gasteiger partial charge on any atom is 0.220 e. The number of carbonyl (C=O) groups excluding carboxylic acids is 1. The van der Waals surface area contributed by atoms with Crippen LogP contribution in [0.1, 0.15) is 155 Å². The molecule has 0 heterocycles. The first kappa shape index (κ1) is 40.1. The van der Waals surface area contributed by atoms with Crippen LogP contribution >= 0.6 is 0 Å². The lowest BCUT2D eigenvalue weighted by atomic mass is 10.1. The number of aliphatic hydroxyl groups excluding tert-OH is 2. The lowest BCUT2D eigenvalue weighted by Gasteiger charge is -2.19. The number of hydrogen-bond donors (Lipinski definition) is 3. The van der Waals surface area contributed by atoms with Crippen molar-refractivity contribution in [3.05, 3.63) is 60.8 Å². The van der Waals surface area contributed by atoms with Crippen molar-refractivity contribution in [1.29, 1.82) is 0 Å². The van der Waals surface area contributed by atoms with Gasteiger partial charge in [0.25, 0.3) is 0 Å². The van der Waals surface area contributed by atoms with Crippen LogP contribution in [0.25, 0.3) is 0 Å². The summed E-state index contributed by atoms with van der Waals surface area (Å²) >= 11 is 0. The Morgan fingerprint density at radius 1 is 0.571 bits per heavy atom. The molecule has 0 bridgehead atoms. The van der Waals surface area contributed by atoms with Crippen molar-refractivity contribution in [2.24, 2.45) is 0 Å². The van der Waals surface area contributed by atoms with E-state index in [1.165, 1.54) is 89.9 Å². The van der Waals surface area contributed by atoms with E-state index in [0.717, 1.165) is 44.9 Å². The molecule has 0 aliphatic carbocycles. The molecule has 0 spiro atoms. The Balaban J connectivity index is 3.77. The van der Waals surface area contributed by atoms with Crippen molar-refractivity contribution in [2.75, 3.05) is 6.61 Å². The number of hydrogen-bond acceptors (Lipinski definition) is 3. The Kier molecular flexibility index (Phi) is 32.1. The number of rotatable bonds is 30. The maximum atomic E-state index is 12.2. The Morgan fingerprint density at radius 3 is 1.45 bits per heavy atom. The van der Waals surface area contributed by atoms with Gasteiger partial charge in [-0.1, -0.05) is 152 Å². The lowest BCUT2D eigenvalue weighted by Crippen LogP contribution is -2.45. The van der Waals surface area contributed by atoms with E-state index in [1.54, 1.807) is 6.08 Å². The smallest absolute Gasteiger partial charge is 0.220 e. The molecule has 0 aromatic carbocycles. The van der Waals surface area contributed by atoms with Crippen molar-refractivity contribution in [3.8, 4) is 0 Å². The van der Waals surface area contributed by atoms with E-state index >= 15 is 0 Å². The number of aliphatic hydroxyl groups is 2. The van der Waals surface area contributed by atoms with Gasteiger partial charge in [0.15, 0.2) is 0 Å². The summed E-state index contributed by atoms with van der Waals surface area (Å²) in [4.78, 5) is 12.2. The highest BCUT2D eigenvalue weighted by atomic mass is 16.3. The van der Waals surface area contributed by atoms with Crippen LogP contribution in [0, 0.1) is 0 Å². The van der Waals surface area contributed by atoms with Crippen molar-refractivity contribution in [3.63, 3.8) is 0 Å². The lowest BCUT2D eigenvalue weighted by molar-refractivity contribution is -0.122. The zero-order chi connectivity index (χ0) is 30.8. The predicted molar refractivity (Wildman–Crippen MR) is 184 cm³/mol. The normalized spacial score (nSPS) is 13.9. The molecule has 0 aromatic rings. The average molecular weight is 586 g/mol. The summed E-state index contributed by atoms with van der Waals surface area (Å²) in [5, 5.41) is 22.7. The van der Waals surface area contributed by atoms with Gasteiger partial charge < -0.3 is 15.5 Å². The molecule has 242 valence electrons. The van der Waals surface area contributed by atoms with Gasteiger partial charge in [-0.25, -0.2) is 0 Å². The number of unbranched alkanes of at least 4 members (excludes halogenated alkanes) is 15. The van der Waals surface area contributed by atoms with Crippen LogP contribution < -0.4 is 5.32 Å². The summed E-state index contributed by atoms with van der Waals surface area (Å²) < 4.78 is 0. The van der Waals surface area contributed by atoms with Gasteiger partial charge in [0.2, 0.25) is 5.91 Å². The summed E-state index contributed by atoms with van der Waals surface area (Å²) in [5.74, 6) is -0.124. The highest BCUT2D eigenvalue weighted by molar-refractivity contribution is 5.76. The number of amides is 1. The molecule has 0 fully saturated rings. The third-order valence-corrected chi connectivity index (χ3v) is 7.50. The Morgan fingerprint density at radius 2 is 0.976 bits per heavy atom. The first-order valence-electron chi connectivity index (χ1n) is 17.5. The van der Waals surface area contributed by atoms with Gasteiger partial charge in [0.1, 0.15) is 0 Å². The molecule has 4 heteroatoms. The Labute approximate surface area is 260 Å². The number of allylic oxidation sites excluding steroid dienone is 9. The molecule has 0 saturated carbocycles. The fourth-order valence-corrected chi connectivity index (χ4v) is 4.76. The van der Waals surface area contributed by atoms with Crippen molar-refractivity contribution in [1.82, 2.24) is 5.32 Å². The van der Waals surface area contributed by atoms with E-state index in [1.807, 2.05) is 6.08 Å². The minimum atomic E-state index is -0.860. The van der Waals surface area contributed by atoms with Gasteiger partial charge in [-0.15, -0.1) is 0 Å². The Bertz CT molecular complexity index is 722. The van der Waals surface area contributed by atoms with Crippen LogP contribution in [0.4, 0.5) is 0 Å². The monoisotopic (exact) mass is 586 g/mol. The molecule has 4 nitrogen and oxygen atoms in total. The molecule has 0 aliphatic rings. The van der Waals surface area contributed by atoms with Crippen molar-refractivity contribution in [2.45, 2.75) is 167 Å². The van der Waals surface area contributed by atoms with Crippen molar-refractivity contribution < 1.29 is 15.0 Å². The van der Waals surface area contributed by atoms with E-state index < -0.39 is 12.1 Å². The maximum absolute atomic E-state index is 12.2. The molecule has 0 radical (unpaired) electrons. The number of carbonyl (C=O) groups is 1. The van der Waals surface area contributed by atoms with Gasteiger partial charge >= 0.3 is 0 Å². The second-order valence-corrected chi connectivity index (χ2v) is 11.6. The fourth-order valence-electron chi connectivity index (χ4n) is 4.76. The average Bonchev–Trinajstić information content (AvgIpc) is 2.99. The van der Waals surface area contributed by atoms with E-state index in [0.29, 0.717) is 6.42 Å². The minimum absolute atomic E-state index is 0.124. The van der Waals surface area contributed by atoms with E-state index in [4.69, 9.17) is 0 Å². The second-order valence-electron chi connectivity index (χ2n) is 11.6. The highest BCUT2D eigenvalue weighted by Gasteiger charge is 2.17. The first-order valence-corrected chi connectivity index (χ1v) is 17.5. The summed E-state index contributed by atoms with van der Waals surface area (Å²) in [7, 11) is 0. The predicted octanol–water partition coefficient (Wildman–Crippen LogP) is 10.2. The quantitative estimate of drug-likeness (QED) is 0.0580. The van der Waals surface area contributed by atoms with Gasteiger partial charge in [0.05, 0.1) is 18.8 Å². The van der Waals surface area contributed by atoms with Gasteiger partial charge in [-0.2, -0.15) is 0 Å². The SMILES string of the molecule is CCCCCCCCC/C=C/C/C=C/C/C=C/C/C=C/CCCC(=O)N[C@@H](CO)[C@H](O)/C=C/CCCCCCCCC. The topological polar surface area (TPSA) is 69.6 Å². The third kappa shape index (κ3) is 29.6. The third-order valence-electron chi connectivity index (χ3n) is 7.50. The number of nitrogens with one attached hydrogen (secondary N) is 1. The van der Waals surface area contributed by atoms with Crippen LogP contribution in [0.15, 0.2) is 60.8 Å². The molecule has 3 N–H and O–H groups in total. The van der Waals surface area contributed by atoms with Gasteiger partial charge in [-0.3, -0.25) is 4.79 Å². The van der Waals surface area contributed by atoms with E-state index in [-0.39, 0.29) is 12.5 Å². The molecule has 2 atom stereocenters. The minimum Gasteiger partial charge on any atom is -0.394 e. The molecule has 0 aliphatic heterocycles. The molecule has 0 rings (SSSR count). The summed E-state index contributed by atoms with van der Waals surface area (Å²) in [6.07, 6.45) is 45.9. The second kappa shape index (κ2) is 33.6. The molecule has 1 amide bonds. The van der Waals surface area contributed by atoms with Crippen molar-refractivity contribution >= 4 is 5.91 Å². The van der Waals surface area contributed by atoms with E-state index in [2.05, 4.69) is 67.8 Å². The molecular weight excluding hydrogens is 518 g/mol. The van der Waals surface area contributed by atoms with Crippen LogP contribution in [0.5, 0.6) is 0 Å². The van der Waals surface area contributed by atoms with Gasteiger partial charge in [0, 0.05) is 6.42 Å². The standard InChI is InChI=1S/C38H67NO3/c1-3-5-7-9-11-13-14-15-16-17-18-19-20-21-22-23-24-26-28-30-32-34-38(42)39-36(35-40)37(41)33-31-29-27-25-12-10-8-6-4-2/h16-17,19-20,22-23,26,28,31,33,36-37,40-41H,3-15,18,21,24-25,27,29-30,32,34-35H2,1-2H3,(H,39,42)/b17-16+,20-19+,23-22+,28-26+,33-31+/t36-,37+/m0/s1. The fraction of sp³-hybridized carbons (Fsp3) is 0.711. The Hall–Kier alpha value is -1.91. The molecule has 42 heavy (non-hydrogen) atoms.